The second-order valence-corrected chi connectivity index (χ2v) is 10.9. The highest BCUT2D eigenvalue weighted by Crippen LogP contribution is 2.36. The van der Waals surface area contributed by atoms with Crippen LogP contribution in [0.4, 0.5) is 0 Å². The molecule has 2 N–H and O–H groups in total. The van der Waals surface area contributed by atoms with Gasteiger partial charge in [-0.25, -0.2) is 9.59 Å². The van der Waals surface area contributed by atoms with Crippen molar-refractivity contribution in [2.24, 2.45) is 0 Å². The van der Waals surface area contributed by atoms with Gasteiger partial charge in [-0.05, 0) is 48.9 Å². The minimum absolute atomic E-state index is 0.0282. The summed E-state index contributed by atoms with van der Waals surface area (Å²) in [6.45, 7) is 3.31. The Hall–Kier alpha value is -4.76. The fourth-order valence-corrected chi connectivity index (χ4v) is 5.46. The third-order valence-corrected chi connectivity index (χ3v) is 7.73. The Morgan fingerprint density at radius 1 is 1.09 bits per heavy atom. The molecule has 0 aliphatic carbocycles. The van der Waals surface area contributed by atoms with Gasteiger partial charge in [-0.2, -0.15) is 5.10 Å². The quantitative estimate of drug-likeness (QED) is 0.155. The van der Waals surface area contributed by atoms with Crippen molar-refractivity contribution >= 4 is 29.6 Å². The van der Waals surface area contributed by atoms with E-state index in [1.165, 1.54) is 6.07 Å². The third-order valence-electron chi connectivity index (χ3n) is 7.49. The molecule has 1 aliphatic rings. The summed E-state index contributed by atoms with van der Waals surface area (Å²) >= 11 is 6.41. The summed E-state index contributed by atoms with van der Waals surface area (Å²) in [4.78, 5) is 24.3. The fraction of sp³-hybridized carbons (Fsp3) is 0.265. The molecule has 44 heavy (non-hydrogen) atoms. The number of benzene rings is 3. The second-order valence-electron chi connectivity index (χ2n) is 10.4. The number of ether oxygens (including phenoxy) is 3. The maximum atomic E-state index is 12.6. The van der Waals surface area contributed by atoms with Crippen molar-refractivity contribution in [1.29, 1.82) is 0 Å². The molecule has 5 rings (SSSR count). The first-order valence-corrected chi connectivity index (χ1v) is 14.7. The van der Waals surface area contributed by atoms with E-state index in [2.05, 4.69) is 12.0 Å². The van der Waals surface area contributed by atoms with Gasteiger partial charge in [0.05, 0.1) is 25.6 Å². The number of aryl methyl sites for hydroxylation is 1. The number of halogens is 1. The van der Waals surface area contributed by atoms with E-state index in [4.69, 9.17) is 25.8 Å². The molecule has 3 aromatic carbocycles. The Labute approximate surface area is 260 Å². The Balaban J connectivity index is 1.56. The van der Waals surface area contributed by atoms with E-state index >= 15 is 0 Å². The molecule has 0 saturated heterocycles. The van der Waals surface area contributed by atoms with Gasteiger partial charge < -0.3 is 24.4 Å². The van der Waals surface area contributed by atoms with Gasteiger partial charge in [0, 0.05) is 57.8 Å². The van der Waals surface area contributed by atoms with Crippen molar-refractivity contribution < 1.29 is 34.0 Å². The predicted molar refractivity (Wildman–Crippen MR) is 167 cm³/mol. The largest absolute Gasteiger partial charge is 0.496 e. The number of hydrogen-bond donors (Lipinski definition) is 2. The number of para-hydroxylation sites is 1. The van der Waals surface area contributed by atoms with Crippen LogP contribution in [0.1, 0.15) is 52.4 Å². The predicted octanol–water partition coefficient (Wildman–Crippen LogP) is 6.94. The number of carboxylic acid groups (broad SMARTS) is 2. The fourth-order valence-electron chi connectivity index (χ4n) is 5.27. The van der Waals surface area contributed by atoms with Crippen LogP contribution >= 0.6 is 11.6 Å². The number of unbranched alkanes of at least 4 members (excludes halogenated alkanes) is 1. The van der Waals surface area contributed by atoms with Crippen molar-refractivity contribution in [3.63, 3.8) is 0 Å². The van der Waals surface area contributed by atoms with Gasteiger partial charge in [-0.1, -0.05) is 43.1 Å². The zero-order chi connectivity index (χ0) is 31.2. The van der Waals surface area contributed by atoms with E-state index in [1.807, 2.05) is 22.9 Å². The van der Waals surface area contributed by atoms with Crippen molar-refractivity contribution in [2.45, 2.75) is 45.8 Å². The molecule has 0 atom stereocenters. The zero-order valence-corrected chi connectivity index (χ0v) is 25.3. The van der Waals surface area contributed by atoms with Gasteiger partial charge in [-0.3, -0.25) is 4.68 Å². The highest BCUT2D eigenvalue weighted by Gasteiger charge is 2.22. The van der Waals surface area contributed by atoms with Gasteiger partial charge in [0.25, 0.3) is 0 Å². The summed E-state index contributed by atoms with van der Waals surface area (Å²) in [7, 11) is 1.57. The van der Waals surface area contributed by atoms with E-state index in [9.17, 15) is 19.8 Å². The number of methoxy groups -OCH3 is 1. The molecule has 2 heterocycles. The number of carbonyl (C=O) groups is 2. The van der Waals surface area contributed by atoms with Crippen LogP contribution < -0.4 is 14.2 Å². The molecule has 0 amide bonds. The number of aromatic carboxylic acids is 1. The lowest BCUT2D eigenvalue weighted by Gasteiger charge is -2.16. The maximum Gasteiger partial charge on any atom is 0.339 e. The number of carboxylic acids is 2. The van der Waals surface area contributed by atoms with Crippen molar-refractivity contribution in [3.05, 3.63) is 99.2 Å². The first-order chi connectivity index (χ1) is 21.3. The summed E-state index contributed by atoms with van der Waals surface area (Å²) in [5.41, 5.74) is 4.71. The molecule has 0 saturated carbocycles. The van der Waals surface area contributed by atoms with Gasteiger partial charge >= 0.3 is 11.9 Å². The van der Waals surface area contributed by atoms with E-state index < -0.39 is 11.9 Å². The molecule has 10 heteroatoms. The molecule has 228 valence electrons. The van der Waals surface area contributed by atoms with Crippen LogP contribution in [0.3, 0.4) is 0 Å². The van der Waals surface area contributed by atoms with Crippen LogP contribution in [0.25, 0.3) is 17.3 Å². The molecule has 9 nitrogen and oxygen atoms in total. The Morgan fingerprint density at radius 2 is 1.91 bits per heavy atom. The number of aromatic nitrogens is 2. The minimum Gasteiger partial charge on any atom is -0.496 e. The summed E-state index contributed by atoms with van der Waals surface area (Å²) < 4.78 is 19.2. The Bertz CT molecular complexity index is 1730. The molecule has 0 radical (unpaired) electrons. The molecule has 1 aliphatic heterocycles. The van der Waals surface area contributed by atoms with E-state index in [1.54, 1.807) is 49.7 Å². The highest BCUT2D eigenvalue weighted by molar-refractivity contribution is 6.30. The lowest BCUT2D eigenvalue weighted by atomic mass is 9.97. The number of nitrogens with zero attached hydrogens (tertiary/aromatic N) is 2. The molecule has 0 fully saturated rings. The van der Waals surface area contributed by atoms with Crippen LogP contribution in [0.15, 0.2) is 66.4 Å². The number of hydrogen-bond acceptors (Lipinski definition) is 6. The zero-order valence-electron chi connectivity index (χ0n) is 24.5. The maximum absolute atomic E-state index is 12.6. The van der Waals surface area contributed by atoms with Crippen molar-refractivity contribution in [1.82, 2.24) is 9.78 Å². The number of rotatable bonds is 13. The number of fused-ring (bicyclic) bond motifs is 1. The van der Waals surface area contributed by atoms with Crippen LogP contribution in [0.5, 0.6) is 17.2 Å². The topological polar surface area (TPSA) is 120 Å². The van der Waals surface area contributed by atoms with E-state index in [0.29, 0.717) is 46.3 Å². The van der Waals surface area contributed by atoms with Crippen molar-refractivity contribution in [2.75, 3.05) is 13.7 Å². The highest BCUT2D eigenvalue weighted by atomic mass is 35.5. The Morgan fingerprint density at radius 3 is 2.66 bits per heavy atom. The smallest absolute Gasteiger partial charge is 0.339 e. The lowest BCUT2D eigenvalue weighted by molar-refractivity contribution is -0.132. The van der Waals surface area contributed by atoms with Gasteiger partial charge in [0.15, 0.2) is 0 Å². The average Bonchev–Trinajstić information content (AvgIpc) is 3.64. The third kappa shape index (κ3) is 6.73. The van der Waals surface area contributed by atoms with E-state index in [-0.39, 0.29) is 29.9 Å². The average molecular weight is 617 g/mol. The summed E-state index contributed by atoms with van der Waals surface area (Å²) in [6.07, 6.45) is 5.99. The van der Waals surface area contributed by atoms with Crippen LogP contribution in [0.2, 0.25) is 5.02 Å². The molecule has 4 aromatic rings. The van der Waals surface area contributed by atoms with Gasteiger partial charge in [0.1, 0.15) is 29.4 Å². The monoisotopic (exact) mass is 616 g/mol. The van der Waals surface area contributed by atoms with Crippen LogP contribution in [-0.2, 0) is 30.8 Å². The SMILES string of the molecule is CCCCn1ncc(C=C(Cc2cc3c(cc2OC)CCO3)C(=O)O)c1-c1ccc(Cl)cc1COc1ccccc1C(=O)O. The summed E-state index contributed by atoms with van der Waals surface area (Å²) in [5, 5.41) is 25.0. The molecule has 0 unspecified atom stereocenters. The van der Waals surface area contributed by atoms with Crippen molar-refractivity contribution in [3.8, 4) is 28.5 Å². The molecule has 1 aromatic heterocycles. The molecular formula is C34H33ClN2O7. The second kappa shape index (κ2) is 13.7. The standard InChI is InChI=1S/C34H33ClN2O7/c1-3-4-12-37-32(27-10-9-26(35)16-25(27)20-44-29-8-6-5-7-28(29)34(40)41)24(19-36-37)15-23(33(38)39)14-22-18-31-21(11-13-43-31)17-30(22)42-2/h5-10,15-19H,3-4,11-14,20H2,1-2H3,(H,38,39)(H,40,41). The van der Waals surface area contributed by atoms with Crippen LogP contribution in [-0.4, -0.2) is 45.6 Å². The lowest BCUT2D eigenvalue weighted by Crippen LogP contribution is -2.08. The summed E-state index contributed by atoms with van der Waals surface area (Å²) in [6, 6.07) is 15.6. The molecule has 0 bridgehead atoms. The molecular weight excluding hydrogens is 584 g/mol. The first-order valence-electron chi connectivity index (χ1n) is 14.3. The number of aliphatic carboxylic acids is 1. The van der Waals surface area contributed by atoms with Gasteiger partial charge in [0.2, 0.25) is 0 Å². The first kappa shape index (κ1) is 30.7. The van der Waals surface area contributed by atoms with Crippen LogP contribution in [0, 0.1) is 0 Å². The normalized spacial score (nSPS) is 12.5. The summed E-state index contributed by atoms with van der Waals surface area (Å²) in [5.74, 6) is -0.575. The Kier molecular flexibility index (Phi) is 9.55. The minimum atomic E-state index is -1.09. The van der Waals surface area contributed by atoms with E-state index in [0.717, 1.165) is 36.1 Å². The van der Waals surface area contributed by atoms with Gasteiger partial charge in [-0.15, -0.1) is 0 Å². The molecule has 0 spiro atoms.